The van der Waals surface area contributed by atoms with Gasteiger partial charge in [-0.25, -0.2) is 9.18 Å². The van der Waals surface area contributed by atoms with E-state index in [1.54, 1.807) is 6.07 Å². The topological polar surface area (TPSA) is 40.5 Å². The van der Waals surface area contributed by atoms with Gasteiger partial charge >= 0.3 is 5.97 Å². The Labute approximate surface area is 118 Å². The van der Waals surface area contributed by atoms with Crippen molar-refractivity contribution in [3.05, 3.63) is 29.6 Å². The number of aromatic carboxylic acids is 1. The first-order valence-electron chi connectivity index (χ1n) is 7.28. The molecule has 3 unspecified atom stereocenters. The summed E-state index contributed by atoms with van der Waals surface area (Å²) in [4.78, 5) is 12.8. The molecule has 0 heterocycles. The molecule has 3 rings (SSSR count). The summed E-state index contributed by atoms with van der Waals surface area (Å²) < 4.78 is 14.0. The van der Waals surface area contributed by atoms with Crippen molar-refractivity contribution in [3.8, 4) is 0 Å². The van der Waals surface area contributed by atoms with E-state index in [1.165, 1.54) is 31.7 Å². The van der Waals surface area contributed by atoms with Crippen LogP contribution in [0.2, 0.25) is 0 Å². The Hall–Kier alpha value is -1.58. The molecule has 4 heteroatoms. The number of nitrogens with zero attached hydrogens (tertiary/aromatic N) is 1. The van der Waals surface area contributed by atoms with Crippen LogP contribution >= 0.6 is 0 Å². The SMILES string of the molecule is CN(CC1CC2CCC1C2)c1ccc(C(=O)O)cc1F. The van der Waals surface area contributed by atoms with Crippen LogP contribution < -0.4 is 4.90 Å². The van der Waals surface area contributed by atoms with Crippen molar-refractivity contribution in [3.63, 3.8) is 0 Å². The lowest BCUT2D eigenvalue weighted by molar-refractivity contribution is 0.0696. The molecule has 2 bridgehead atoms. The van der Waals surface area contributed by atoms with Gasteiger partial charge in [-0.3, -0.25) is 0 Å². The Morgan fingerprint density at radius 3 is 2.75 bits per heavy atom. The van der Waals surface area contributed by atoms with E-state index < -0.39 is 11.8 Å². The normalized spacial score (nSPS) is 27.8. The molecule has 2 saturated carbocycles. The standard InChI is InChI=1S/C16H20FNO2/c1-18(9-13-7-10-2-3-11(13)6-10)15-5-4-12(16(19)20)8-14(15)17/h4-5,8,10-11,13H,2-3,6-7,9H2,1H3,(H,19,20). The number of benzene rings is 1. The molecule has 2 aliphatic carbocycles. The van der Waals surface area contributed by atoms with Crippen LogP contribution in [0.1, 0.15) is 36.0 Å². The van der Waals surface area contributed by atoms with Crippen molar-refractivity contribution in [2.45, 2.75) is 25.7 Å². The molecule has 0 amide bonds. The van der Waals surface area contributed by atoms with Gasteiger partial charge in [0, 0.05) is 13.6 Å². The minimum Gasteiger partial charge on any atom is -0.478 e. The van der Waals surface area contributed by atoms with Gasteiger partial charge in [0.05, 0.1) is 11.3 Å². The summed E-state index contributed by atoms with van der Waals surface area (Å²) in [5.74, 6) is 0.820. The number of hydrogen-bond donors (Lipinski definition) is 1. The van der Waals surface area contributed by atoms with Crippen LogP contribution in [0.3, 0.4) is 0 Å². The summed E-state index contributed by atoms with van der Waals surface area (Å²) in [6.07, 6.45) is 5.30. The maximum atomic E-state index is 14.0. The third-order valence-electron chi connectivity index (χ3n) is 5.00. The van der Waals surface area contributed by atoms with Crippen LogP contribution in [0.25, 0.3) is 0 Å². The van der Waals surface area contributed by atoms with Crippen molar-refractivity contribution in [1.29, 1.82) is 0 Å². The van der Waals surface area contributed by atoms with Gasteiger partial charge in [-0.1, -0.05) is 6.42 Å². The Morgan fingerprint density at radius 2 is 2.20 bits per heavy atom. The number of rotatable bonds is 4. The number of carboxylic acid groups (broad SMARTS) is 1. The van der Waals surface area contributed by atoms with Crippen LogP contribution in [0, 0.1) is 23.6 Å². The van der Waals surface area contributed by atoms with Crippen molar-refractivity contribution >= 4 is 11.7 Å². The van der Waals surface area contributed by atoms with Crippen molar-refractivity contribution in [2.24, 2.45) is 17.8 Å². The van der Waals surface area contributed by atoms with E-state index in [0.29, 0.717) is 11.6 Å². The van der Waals surface area contributed by atoms with E-state index >= 15 is 0 Å². The summed E-state index contributed by atoms with van der Waals surface area (Å²) in [5.41, 5.74) is 0.498. The molecule has 3 nitrogen and oxygen atoms in total. The van der Waals surface area contributed by atoms with Crippen LogP contribution in [-0.2, 0) is 0 Å². The van der Waals surface area contributed by atoms with Crippen LogP contribution in [-0.4, -0.2) is 24.7 Å². The average Bonchev–Trinajstić information content (AvgIpc) is 3.00. The lowest BCUT2D eigenvalue weighted by Crippen LogP contribution is -2.29. The molecule has 0 radical (unpaired) electrons. The monoisotopic (exact) mass is 277 g/mol. The summed E-state index contributed by atoms with van der Waals surface area (Å²) in [6, 6.07) is 4.15. The number of hydrogen-bond acceptors (Lipinski definition) is 2. The Bertz CT molecular complexity index is 531. The van der Waals surface area contributed by atoms with Gasteiger partial charge < -0.3 is 10.0 Å². The van der Waals surface area contributed by atoms with E-state index in [9.17, 15) is 9.18 Å². The van der Waals surface area contributed by atoms with Gasteiger partial charge in [0.15, 0.2) is 0 Å². The van der Waals surface area contributed by atoms with Gasteiger partial charge in [0.1, 0.15) is 5.82 Å². The average molecular weight is 277 g/mol. The highest BCUT2D eigenvalue weighted by Crippen LogP contribution is 2.48. The summed E-state index contributed by atoms with van der Waals surface area (Å²) >= 11 is 0. The molecule has 1 aromatic rings. The van der Waals surface area contributed by atoms with Crippen LogP contribution in [0.5, 0.6) is 0 Å². The molecule has 0 aliphatic heterocycles. The zero-order valence-electron chi connectivity index (χ0n) is 11.7. The highest BCUT2D eigenvalue weighted by molar-refractivity contribution is 5.88. The molecule has 108 valence electrons. The van der Waals surface area contributed by atoms with E-state index in [2.05, 4.69) is 0 Å². The second-order valence-electron chi connectivity index (χ2n) is 6.29. The molecule has 0 aromatic heterocycles. The van der Waals surface area contributed by atoms with Crippen LogP contribution in [0.4, 0.5) is 10.1 Å². The molecule has 0 saturated heterocycles. The minimum absolute atomic E-state index is 0.000395. The second-order valence-corrected chi connectivity index (χ2v) is 6.29. The summed E-state index contributed by atoms with van der Waals surface area (Å²) in [5, 5.41) is 8.86. The lowest BCUT2D eigenvalue weighted by atomic mass is 9.88. The molecule has 2 fully saturated rings. The third-order valence-corrected chi connectivity index (χ3v) is 5.00. The Balaban J connectivity index is 1.71. The predicted octanol–water partition coefficient (Wildman–Crippen LogP) is 3.40. The highest BCUT2D eigenvalue weighted by atomic mass is 19.1. The Kier molecular flexibility index (Phi) is 3.40. The van der Waals surface area contributed by atoms with E-state index in [-0.39, 0.29) is 5.56 Å². The maximum Gasteiger partial charge on any atom is 0.335 e. The first-order chi connectivity index (χ1) is 9.54. The number of halogens is 1. The number of fused-ring (bicyclic) bond motifs is 2. The zero-order valence-corrected chi connectivity index (χ0v) is 11.7. The first kappa shape index (κ1) is 13.4. The maximum absolute atomic E-state index is 14.0. The van der Waals surface area contributed by atoms with Gasteiger partial charge in [0.25, 0.3) is 0 Å². The predicted molar refractivity (Wildman–Crippen MR) is 75.6 cm³/mol. The van der Waals surface area contributed by atoms with Crippen molar-refractivity contribution in [1.82, 2.24) is 0 Å². The molecule has 0 spiro atoms. The number of carboxylic acids is 1. The highest BCUT2D eigenvalue weighted by Gasteiger charge is 2.39. The minimum atomic E-state index is -1.09. The fourth-order valence-corrected chi connectivity index (χ4v) is 4.00. The van der Waals surface area contributed by atoms with E-state index in [1.807, 2.05) is 11.9 Å². The second kappa shape index (κ2) is 5.08. The van der Waals surface area contributed by atoms with Gasteiger partial charge in [-0.15, -0.1) is 0 Å². The third kappa shape index (κ3) is 2.39. The van der Waals surface area contributed by atoms with E-state index in [0.717, 1.165) is 24.4 Å². The first-order valence-corrected chi connectivity index (χ1v) is 7.28. The molecule has 1 aromatic carbocycles. The fraction of sp³-hybridized carbons (Fsp3) is 0.562. The Morgan fingerprint density at radius 1 is 1.40 bits per heavy atom. The molecule has 1 N–H and O–H groups in total. The van der Waals surface area contributed by atoms with Gasteiger partial charge in [-0.05, 0) is 55.2 Å². The smallest absolute Gasteiger partial charge is 0.335 e. The molecular weight excluding hydrogens is 257 g/mol. The zero-order chi connectivity index (χ0) is 14.3. The number of carbonyl (C=O) groups is 1. The van der Waals surface area contributed by atoms with Gasteiger partial charge in [-0.2, -0.15) is 0 Å². The molecule has 3 atom stereocenters. The van der Waals surface area contributed by atoms with Gasteiger partial charge in [0.2, 0.25) is 0 Å². The number of anilines is 1. The van der Waals surface area contributed by atoms with Crippen molar-refractivity contribution < 1.29 is 14.3 Å². The van der Waals surface area contributed by atoms with Crippen molar-refractivity contribution in [2.75, 3.05) is 18.5 Å². The largest absolute Gasteiger partial charge is 0.478 e. The molecule has 20 heavy (non-hydrogen) atoms. The summed E-state index contributed by atoms with van der Waals surface area (Å²) in [7, 11) is 1.89. The van der Waals surface area contributed by atoms with Crippen LogP contribution in [0.15, 0.2) is 18.2 Å². The quantitative estimate of drug-likeness (QED) is 0.917. The fourth-order valence-electron chi connectivity index (χ4n) is 4.00. The molecule has 2 aliphatic rings. The lowest BCUT2D eigenvalue weighted by Gasteiger charge is -2.28. The summed E-state index contributed by atoms with van der Waals surface area (Å²) in [6.45, 7) is 0.866. The molecular formula is C16H20FNO2. The van der Waals surface area contributed by atoms with E-state index in [4.69, 9.17) is 5.11 Å².